The Morgan fingerprint density at radius 2 is 1.90 bits per heavy atom. The van der Waals surface area contributed by atoms with Crippen LogP contribution in [-0.4, -0.2) is 59.7 Å². The summed E-state index contributed by atoms with van der Waals surface area (Å²) in [5.74, 6) is 0.271. The number of carbonyl (C=O) groups excluding carboxylic acids is 2. The molecule has 2 rings (SSSR count). The molecule has 168 valence electrons. The highest BCUT2D eigenvalue weighted by atomic mass is 16.5. The summed E-state index contributed by atoms with van der Waals surface area (Å²) in [6.45, 7) is 9.51. The van der Waals surface area contributed by atoms with Crippen LogP contribution in [0.1, 0.15) is 31.0 Å². The number of nitrogens with one attached hydrogen (secondary N) is 1. The van der Waals surface area contributed by atoms with Gasteiger partial charge in [-0.15, -0.1) is 6.58 Å². The molecule has 0 saturated heterocycles. The van der Waals surface area contributed by atoms with Crippen LogP contribution in [0.25, 0.3) is 0 Å². The van der Waals surface area contributed by atoms with Crippen LogP contribution in [0.4, 0.5) is 10.5 Å². The van der Waals surface area contributed by atoms with Crippen LogP contribution in [0.2, 0.25) is 0 Å². The summed E-state index contributed by atoms with van der Waals surface area (Å²) in [5.41, 5.74) is 2.90. The van der Waals surface area contributed by atoms with Crippen LogP contribution < -0.4 is 5.32 Å². The highest BCUT2D eigenvalue weighted by molar-refractivity contribution is 5.92. The second-order valence-corrected chi connectivity index (χ2v) is 7.79. The molecule has 3 amide bonds. The van der Waals surface area contributed by atoms with Gasteiger partial charge in [0, 0.05) is 44.8 Å². The standard InChI is InChI=1S/C24H34N4O3/c1-6-13-28(24(30)25-21-11-9-20(10-12-21)19(2)3)18-23(29)27(15-16-31-5)17-22-8-7-14-26(22)4/h6-12,14,19H,1,13,15-18H2,2-5H3,(H,25,30). The maximum Gasteiger partial charge on any atom is 0.322 e. The fraction of sp³-hybridized carbons (Fsp3) is 0.417. The predicted molar refractivity (Wildman–Crippen MR) is 124 cm³/mol. The molecule has 0 spiro atoms. The second-order valence-electron chi connectivity index (χ2n) is 7.79. The van der Waals surface area contributed by atoms with Gasteiger partial charge in [0.15, 0.2) is 0 Å². The molecule has 1 aromatic carbocycles. The van der Waals surface area contributed by atoms with Gasteiger partial charge in [-0.3, -0.25) is 4.79 Å². The van der Waals surface area contributed by atoms with Gasteiger partial charge in [-0.2, -0.15) is 0 Å². The SMILES string of the molecule is C=CCN(CC(=O)N(CCOC)Cc1cccn1C)C(=O)Nc1ccc(C(C)C)cc1. The van der Waals surface area contributed by atoms with Crippen molar-refractivity contribution in [3.63, 3.8) is 0 Å². The normalized spacial score (nSPS) is 10.7. The largest absolute Gasteiger partial charge is 0.383 e. The molecule has 0 aliphatic rings. The van der Waals surface area contributed by atoms with Crippen LogP contribution in [0, 0.1) is 0 Å². The Labute approximate surface area is 185 Å². The third-order valence-electron chi connectivity index (χ3n) is 5.11. The number of hydrogen-bond acceptors (Lipinski definition) is 3. The zero-order valence-electron chi connectivity index (χ0n) is 19.0. The lowest BCUT2D eigenvalue weighted by Crippen LogP contribution is -2.45. The number of ether oxygens (including phenoxy) is 1. The van der Waals surface area contributed by atoms with Crippen molar-refractivity contribution in [1.82, 2.24) is 14.4 Å². The number of nitrogens with zero attached hydrogens (tertiary/aromatic N) is 3. The monoisotopic (exact) mass is 426 g/mol. The molecule has 1 N–H and O–H groups in total. The van der Waals surface area contributed by atoms with Gasteiger partial charge in [-0.25, -0.2) is 4.79 Å². The van der Waals surface area contributed by atoms with Crippen molar-refractivity contribution >= 4 is 17.6 Å². The van der Waals surface area contributed by atoms with Crippen molar-refractivity contribution in [1.29, 1.82) is 0 Å². The number of methoxy groups -OCH3 is 1. The maximum absolute atomic E-state index is 13.1. The first-order valence-corrected chi connectivity index (χ1v) is 10.5. The molecule has 0 saturated carbocycles. The zero-order valence-corrected chi connectivity index (χ0v) is 19.0. The number of hydrogen-bond donors (Lipinski definition) is 1. The van der Waals surface area contributed by atoms with E-state index in [1.165, 1.54) is 10.5 Å². The Morgan fingerprint density at radius 1 is 1.19 bits per heavy atom. The fourth-order valence-electron chi connectivity index (χ4n) is 3.14. The van der Waals surface area contributed by atoms with Gasteiger partial charge >= 0.3 is 6.03 Å². The number of urea groups is 1. The first-order chi connectivity index (χ1) is 14.8. The molecule has 7 nitrogen and oxygen atoms in total. The number of aryl methyl sites for hydroxylation is 1. The minimum absolute atomic E-state index is 0.0456. The smallest absolute Gasteiger partial charge is 0.322 e. The summed E-state index contributed by atoms with van der Waals surface area (Å²) >= 11 is 0. The molecule has 1 heterocycles. The minimum atomic E-state index is -0.337. The van der Waals surface area contributed by atoms with Gasteiger partial charge in [0.2, 0.25) is 5.91 Å². The van der Waals surface area contributed by atoms with Crippen molar-refractivity contribution in [2.75, 3.05) is 38.7 Å². The Balaban J connectivity index is 2.07. The van der Waals surface area contributed by atoms with Crippen LogP contribution in [0.5, 0.6) is 0 Å². The van der Waals surface area contributed by atoms with Gasteiger partial charge in [0.05, 0.1) is 13.2 Å². The summed E-state index contributed by atoms with van der Waals surface area (Å²) in [5, 5.41) is 2.87. The molecule has 31 heavy (non-hydrogen) atoms. The van der Waals surface area contributed by atoms with E-state index in [1.54, 1.807) is 18.1 Å². The van der Waals surface area contributed by atoms with E-state index in [2.05, 4.69) is 25.7 Å². The summed E-state index contributed by atoms with van der Waals surface area (Å²) in [7, 11) is 3.55. The summed E-state index contributed by atoms with van der Waals surface area (Å²) < 4.78 is 7.14. The molecule has 0 bridgehead atoms. The van der Waals surface area contributed by atoms with E-state index in [4.69, 9.17) is 4.74 Å². The predicted octanol–water partition coefficient (Wildman–Crippen LogP) is 3.84. The van der Waals surface area contributed by atoms with E-state index in [0.717, 1.165) is 5.69 Å². The van der Waals surface area contributed by atoms with Crippen LogP contribution in [-0.2, 0) is 23.1 Å². The first kappa shape index (κ1) is 24.2. The van der Waals surface area contributed by atoms with Crippen molar-refractivity contribution in [2.24, 2.45) is 7.05 Å². The topological polar surface area (TPSA) is 66.8 Å². The molecule has 0 aliphatic heterocycles. The molecular formula is C24H34N4O3. The number of carbonyl (C=O) groups is 2. The van der Waals surface area contributed by atoms with Gasteiger partial charge in [-0.1, -0.05) is 32.1 Å². The fourth-order valence-corrected chi connectivity index (χ4v) is 3.14. The van der Waals surface area contributed by atoms with E-state index in [-0.39, 0.29) is 25.0 Å². The van der Waals surface area contributed by atoms with Crippen LogP contribution in [0.15, 0.2) is 55.3 Å². The molecule has 0 aliphatic carbocycles. The van der Waals surface area contributed by atoms with E-state index in [0.29, 0.717) is 31.3 Å². The number of anilines is 1. The van der Waals surface area contributed by atoms with Crippen molar-refractivity contribution < 1.29 is 14.3 Å². The average Bonchev–Trinajstić information content (AvgIpc) is 3.15. The molecule has 1 aromatic heterocycles. The maximum atomic E-state index is 13.1. The van der Waals surface area contributed by atoms with Crippen molar-refractivity contribution in [3.05, 3.63) is 66.5 Å². The lowest BCUT2D eigenvalue weighted by atomic mass is 10.0. The minimum Gasteiger partial charge on any atom is -0.383 e. The molecule has 0 atom stereocenters. The van der Waals surface area contributed by atoms with Gasteiger partial charge < -0.3 is 24.4 Å². The van der Waals surface area contributed by atoms with E-state index < -0.39 is 0 Å². The molecule has 0 unspecified atom stereocenters. The molecular weight excluding hydrogens is 392 g/mol. The lowest BCUT2D eigenvalue weighted by molar-refractivity contribution is -0.133. The lowest BCUT2D eigenvalue weighted by Gasteiger charge is -2.27. The summed E-state index contributed by atoms with van der Waals surface area (Å²) in [6.07, 6.45) is 3.56. The van der Waals surface area contributed by atoms with E-state index in [9.17, 15) is 9.59 Å². The van der Waals surface area contributed by atoms with Crippen molar-refractivity contribution in [3.8, 4) is 0 Å². The quantitative estimate of drug-likeness (QED) is 0.555. The van der Waals surface area contributed by atoms with Gasteiger partial charge in [-0.05, 0) is 35.7 Å². The Hall–Kier alpha value is -3.06. The van der Waals surface area contributed by atoms with Gasteiger partial charge in [0.25, 0.3) is 0 Å². The van der Waals surface area contributed by atoms with Gasteiger partial charge in [0.1, 0.15) is 6.54 Å². The Bertz CT molecular complexity index is 858. The summed E-state index contributed by atoms with van der Waals surface area (Å²) in [6, 6.07) is 11.3. The highest BCUT2D eigenvalue weighted by Crippen LogP contribution is 2.17. The summed E-state index contributed by atoms with van der Waals surface area (Å²) in [4.78, 5) is 29.0. The van der Waals surface area contributed by atoms with Crippen molar-refractivity contribution in [2.45, 2.75) is 26.3 Å². The third-order valence-corrected chi connectivity index (χ3v) is 5.11. The molecule has 2 aromatic rings. The Morgan fingerprint density at radius 3 is 2.45 bits per heavy atom. The number of benzene rings is 1. The number of rotatable bonds is 11. The third kappa shape index (κ3) is 7.29. The zero-order chi connectivity index (χ0) is 22.8. The average molecular weight is 427 g/mol. The molecule has 7 heteroatoms. The first-order valence-electron chi connectivity index (χ1n) is 10.5. The second kappa shape index (κ2) is 12.0. The van der Waals surface area contributed by atoms with E-state index >= 15 is 0 Å². The number of amides is 3. The Kier molecular flexibility index (Phi) is 9.34. The van der Waals surface area contributed by atoms with Crippen LogP contribution in [0.3, 0.4) is 0 Å². The molecule has 0 radical (unpaired) electrons. The number of aromatic nitrogens is 1. The van der Waals surface area contributed by atoms with Crippen LogP contribution >= 0.6 is 0 Å². The molecule has 0 fully saturated rings. The highest BCUT2D eigenvalue weighted by Gasteiger charge is 2.21. The van der Waals surface area contributed by atoms with E-state index in [1.807, 2.05) is 54.2 Å².